The van der Waals surface area contributed by atoms with Crippen LogP contribution < -0.4 is 10.1 Å². The molecular weight excluding hydrogens is 467 g/mol. The van der Waals surface area contributed by atoms with Gasteiger partial charge in [-0.25, -0.2) is 0 Å². The molecule has 1 aromatic heterocycles. The van der Waals surface area contributed by atoms with Crippen molar-refractivity contribution in [2.24, 2.45) is 0 Å². The number of likely N-dealkylation sites (tertiary alicyclic amines) is 1. The standard InChI is InChI=1S/C28H30F3N3O2/c1-19-10-11-24(27(35)32-17-22-7-3-4-9-25(22)36-2)26(33-19)21-12-14-34(15-13-21)18-20-6-5-8-23(16-20)28(29,30)31/h3-11,16,21H,12-15,17-18H2,1-2H3,(H,32,35). The minimum absolute atomic E-state index is 0.106. The summed E-state index contributed by atoms with van der Waals surface area (Å²) in [6.07, 6.45) is -2.78. The number of carbonyl (C=O) groups excluding carboxylic acids is 1. The summed E-state index contributed by atoms with van der Waals surface area (Å²) < 4.78 is 44.5. The zero-order chi connectivity index (χ0) is 25.7. The number of pyridine rings is 1. The fraction of sp³-hybridized carbons (Fsp3) is 0.357. The summed E-state index contributed by atoms with van der Waals surface area (Å²) in [5.41, 5.74) is 3.10. The molecule has 1 fully saturated rings. The summed E-state index contributed by atoms with van der Waals surface area (Å²) >= 11 is 0. The molecule has 0 radical (unpaired) electrons. The molecule has 4 rings (SSSR count). The first-order valence-electron chi connectivity index (χ1n) is 12.0. The van der Waals surface area contributed by atoms with Gasteiger partial charge in [-0.1, -0.05) is 36.4 Å². The van der Waals surface area contributed by atoms with Gasteiger partial charge in [-0.3, -0.25) is 14.7 Å². The van der Waals surface area contributed by atoms with Crippen molar-refractivity contribution in [3.8, 4) is 5.75 Å². The van der Waals surface area contributed by atoms with E-state index >= 15 is 0 Å². The number of benzene rings is 2. The van der Waals surface area contributed by atoms with Crippen LogP contribution in [-0.2, 0) is 19.3 Å². The second kappa shape index (κ2) is 11.1. The molecule has 1 saturated heterocycles. The monoisotopic (exact) mass is 497 g/mol. The third kappa shape index (κ3) is 6.23. The van der Waals surface area contributed by atoms with Crippen molar-refractivity contribution in [2.75, 3.05) is 20.2 Å². The summed E-state index contributed by atoms with van der Waals surface area (Å²) in [7, 11) is 1.60. The van der Waals surface area contributed by atoms with Crippen molar-refractivity contribution in [3.05, 3.63) is 94.3 Å². The lowest BCUT2D eigenvalue weighted by molar-refractivity contribution is -0.137. The number of aryl methyl sites for hydroxylation is 1. The van der Waals surface area contributed by atoms with E-state index in [9.17, 15) is 18.0 Å². The van der Waals surface area contributed by atoms with E-state index in [1.54, 1.807) is 13.2 Å². The quantitative estimate of drug-likeness (QED) is 0.453. The minimum atomic E-state index is -4.34. The Hall–Kier alpha value is -3.39. The first-order valence-corrected chi connectivity index (χ1v) is 12.0. The molecule has 3 aromatic rings. The zero-order valence-electron chi connectivity index (χ0n) is 20.4. The van der Waals surface area contributed by atoms with Crippen molar-refractivity contribution in [1.29, 1.82) is 0 Å². The molecule has 1 amide bonds. The molecule has 1 aliphatic heterocycles. The Morgan fingerprint density at radius 3 is 2.56 bits per heavy atom. The first kappa shape index (κ1) is 25.7. The maximum Gasteiger partial charge on any atom is 0.416 e. The number of piperidine rings is 1. The number of para-hydroxylation sites is 1. The number of rotatable bonds is 7. The van der Waals surface area contributed by atoms with Gasteiger partial charge in [-0.15, -0.1) is 0 Å². The Morgan fingerprint density at radius 2 is 1.83 bits per heavy atom. The molecule has 0 spiro atoms. The number of nitrogens with one attached hydrogen (secondary N) is 1. The highest BCUT2D eigenvalue weighted by Gasteiger charge is 2.31. The molecule has 0 bridgehead atoms. The van der Waals surface area contributed by atoms with E-state index in [2.05, 4.69) is 10.2 Å². The second-order valence-electron chi connectivity index (χ2n) is 9.13. The number of carbonyl (C=O) groups is 1. The lowest BCUT2D eigenvalue weighted by Gasteiger charge is -2.32. The lowest BCUT2D eigenvalue weighted by atomic mass is 9.89. The molecule has 1 N–H and O–H groups in total. The van der Waals surface area contributed by atoms with Crippen LogP contribution in [0.25, 0.3) is 0 Å². The molecule has 2 aromatic carbocycles. The number of methoxy groups -OCH3 is 1. The van der Waals surface area contributed by atoms with Crippen LogP contribution in [0.2, 0.25) is 0 Å². The number of hydrogen-bond acceptors (Lipinski definition) is 4. The van der Waals surface area contributed by atoms with Crippen LogP contribution in [0.1, 0.15) is 57.2 Å². The van der Waals surface area contributed by atoms with Crippen LogP contribution in [0.15, 0.2) is 60.7 Å². The van der Waals surface area contributed by atoms with Crippen LogP contribution in [0.4, 0.5) is 13.2 Å². The fourth-order valence-electron chi connectivity index (χ4n) is 4.67. The molecule has 1 aliphatic rings. The molecule has 0 aliphatic carbocycles. The number of hydrogen-bond donors (Lipinski definition) is 1. The molecule has 190 valence electrons. The van der Waals surface area contributed by atoms with E-state index < -0.39 is 11.7 Å². The Morgan fingerprint density at radius 1 is 1.08 bits per heavy atom. The predicted molar refractivity (Wildman–Crippen MR) is 132 cm³/mol. The van der Waals surface area contributed by atoms with Gasteiger partial charge in [-0.2, -0.15) is 13.2 Å². The topological polar surface area (TPSA) is 54.5 Å². The van der Waals surface area contributed by atoms with Crippen LogP contribution in [0.5, 0.6) is 5.75 Å². The highest BCUT2D eigenvalue weighted by Crippen LogP contribution is 2.32. The first-order chi connectivity index (χ1) is 17.2. The third-order valence-corrected chi connectivity index (χ3v) is 6.58. The van der Waals surface area contributed by atoms with Crippen LogP contribution >= 0.6 is 0 Å². The summed E-state index contributed by atoms with van der Waals surface area (Å²) in [5, 5.41) is 2.99. The average Bonchev–Trinajstić information content (AvgIpc) is 2.87. The molecular formula is C28H30F3N3O2. The van der Waals surface area contributed by atoms with Crippen LogP contribution in [0, 0.1) is 6.92 Å². The van der Waals surface area contributed by atoms with Gasteiger partial charge in [-0.05, 0) is 62.7 Å². The van der Waals surface area contributed by atoms with Gasteiger partial charge >= 0.3 is 6.18 Å². The van der Waals surface area contributed by atoms with E-state index in [1.165, 1.54) is 12.1 Å². The van der Waals surface area contributed by atoms with Gasteiger partial charge in [0, 0.05) is 30.3 Å². The molecule has 8 heteroatoms. The van der Waals surface area contributed by atoms with Crippen molar-refractivity contribution >= 4 is 5.91 Å². The van der Waals surface area contributed by atoms with Gasteiger partial charge in [0.25, 0.3) is 5.91 Å². The Labute approximate surface area is 209 Å². The van der Waals surface area contributed by atoms with E-state index in [1.807, 2.05) is 43.3 Å². The smallest absolute Gasteiger partial charge is 0.416 e. The van der Waals surface area contributed by atoms with Crippen molar-refractivity contribution in [1.82, 2.24) is 15.2 Å². The average molecular weight is 498 g/mol. The van der Waals surface area contributed by atoms with E-state index in [-0.39, 0.29) is 11.8 Å². The van der Waals surface area contributed by atoms with E-state index in [4.69, 9.17) is 9.72 Å². The predicted octanol–water partition coefficient (Wildman–Crippen LogP) is 5.73. The van der Waals surface area contributed by atoms with Gasteiger partial charge in [0.2, 0.25) is 0 Å². The fourth-order valence-corrected chi connectivity index (χ4v) is 4.67. The van der Waals surface area contributed by atoms with Crippen molar-refractivity contribution < 1.29 is 22.7 Å². The Kier molecular flexibility index (Phi) is 7.94. The second-order valence-corrected chi connectivity index (χ2v) is 9.13. The van der Waals surface area contributed by atoms with Gasteiger partial charge in [0.15, 0.2) is 0 Å². The maximum absolute atomic E-state index is 13.1. The summed E-state index contributed by atoms with van der Waals surface area (Å²) in [5.74, 6) is 0.637. The lowest BCUT2D eigenvalue weighted by Crippen LogP contribution is -2.34. The number of alkyl halides is 3. The minimum Gasteiger partial charge on any atom is -0.496 e. The Balaban J connectivity index is 1.41. The molecule has 2 heterocycles. The number of halogens is 3. The zero-order valence-corrected chi connectivity index (χ0v) is 20.4. The van der Waals surface area contributed by atoms with Gasteiger partial charge < -0.3 is 10.1 Å². The Bertz CT molecular complexity index is 1200. The third-order valence-electron chi connectivity index (χ3n) is 6.58. The number of aromatic nitrogens is 1. The SMILES string of the molecule is COc1ccccc1CNC(=O)c1ccc(C)nc1C1CCN(Cc2cccc(C(F)(F)F)c2)CC1. The number of amides is 1. The summed E-state index contributed by atoms with van der Waals surface area (Å²) in [4.78, 5) is 20.0. The number of nitrogens with zero attached hydrogens (tertiary/aromatic N) is 2. The van der Waals surface area contributed by atoms with Crippen LogP contribution in [0.3, 0.4) is 0 Å². The van der Waals surface area contributed by atoms with Crippen molar-refractivity contribution in [2.45, 2.75) is 44.9 Å². The summed E-state index contributed by atoms with van der Waals surface area (Å²) in [6.45, 7) is 4.15. The summed E-state index contributed by atoms with van der Waals surface area (Å²) in [6, 6.07) is 16.7. The maximum atomic E-state index is 13.1. The molecule has 0 saturated carbocycles. The molecule has 36 heavy (non-hydrogen) atoms. The van der Waals surface area contributed by atoms with Crippen molar-refractivity contribution in [3.63, 3.8) is 0 Å². The van der Waals surface area contributed by atoms with Gasteiger partial charge in [0.05, 0.1) is 23.9 Å². The van der Waals surface area contributed by atoms with Gasteiger partial charge in [0.1, 0.15) is 5.75 Å². The normalized spacial score (nSPS) is 15.0. The van der Waals surface area contributed by atoms with Crippen LogP contribution in [-0.4, -0.2) is 36.0 Å². The molecule has 5 nitrogen and oxygen atoms in total. The number of ether oxygens (including phenoxy) is 1. The highest BCUT2D eigenvalue weighted by atomic mass is 19.4. The van der Waals surface area contributed by atoms with E-state index in [0.717, 1.165) is 48.9 Å². The van der Waals surface area contributed by atoms with E-state index in [0.29, 0.717) is 30.0 Å². The molecule has 0 unspecified atom stereocenters. The highest BCUT2D eigenvalue weighted by molar-refractivity contribution is 5.95. The molecule has 0 atom stereocenters. The largest absolute Gasteiger partial charge is 0.496 e.